The van der Waals surface area contributed by atoms with Crippen LogP contribution in [0.2, 0.25) is 0 Å². The first kappa shape index (κ1) is 21.1. The van der Waals surface area contributed by atoms with Gasteiger partial charge in [0.25, 0.3) is 5.91 Å². The van der Waals surface area contributed by atoms with Gasteiger partial charge in [0.1, 0.15) is 0 Å². The average Bonchev–Trinajstić information content (AvgIpc) is 2.80. The molecule has 1 heterocycles. The Morgan fingerprint density at radius 1 is 1.00 bits per heavy atom. The van der Waals surface area contributed by atoms with Crippen molar-refractivity contribution in [1.29, 1.82) is 0 Å². The number of ether oxygens (including phenoxy) is 2. The Hall–Kier alpha value is -3.15. The Morgan fingerprint density at radius 3 is 2.48 bits per heavy atom. The van der Waals surface area contributed by atoms with E-state index < -0.39 is 5.92 Å². The lowest BCUT2D eigenvalue weighted by Gasteiger charge is -2.32. The van der Waals surface area contributed by atoms with E-state index in [0.717, 1.165) is 19.3 Å². The molecule has 2 aromatic carbocycles. The summed E-state index contributed by atoms with van der Waals surface area (Å²) in [5.41, 5.74) is 1.68. The minimum absolute atomic E-state index is 0.223. The zero-order chi connectivity index (χ0) is 22.0. The third kappa shape index (κ3) is 3.94. The Kier molecular flexibility index (Phi) is 6.07. The van der Waals surface area contributed by atoms with Gasteiger partial charge in [-0.1, -0.05) is 38.0 Å². The van der Waals surface area contributed by atoms with Crippen molar-refractivity contribution < 1.29 is 19.1 Å². The molecule has 3 atom stereocenters. The summed E-state index contributed by atoms with van der Waals surface area (Å²) in [5, 5.41) is 0. The molecular formula is C25H28N2O4. The maximum atomic E-state index is 13.5. The highest BCUT2D eigenvalue weighted by atomic mass is 16.5. The van der Waals surface area contributed by atoms with Crippen LogP contribution in [0.1, 0.15) is 54.4 Å². The molecule has 1 aliphatic heterocycles. The fraction of sp³-hybridized carbons (Fsp3) is 0.400. The number of amides is 2. The molecule has 4 rings (SSSR count). The molecule has 0 radical (unpaired) electrons. The molecule has 0 spiro atoms. The standard InChI is InChI=1S/C25H28N2O4/c1-16-8-4-7-11-21(16)26-15-20-18-9-5-6-10-19(18)24(28)27(25(20)29)17-12-13-22(30-2)23(14-17)31-3/h5-6,9-10,12-16,20-21H,4,7-8,11H2,1-3H3/t16-,20?,21-/m0/s1. The van der Waals surface area contributed by atoms with Crippen molar-refractivity contribution in [2.45, 2.75) is 44.6 Å². The van der Waals surface area contributed by atoms with E-state index >= 15 is 0 Å². The highest BCUT2D eigenvalue weighted by molar-refractivity contribution is 6.29. The van der Waals surface area contributed by atoms with Crippen LogP contribution in [0.3, 0.4) is 0 Å². The predicted octanol–water partition coefficient (Wildman–Crippen LogP) is 4.62. The molecule has 0 saturated heterocycles. The van der Waals surface area contributed by atoms with Crippen LogP contribution in [-0.2, 0) is 4.79 Å². The minimum Gasteiger partial charge on any atom is -0.493 e. The molecule has 1 saturated carbocycles. The van der Waals surface area contributed by atoms with Crippen molar-refractivity contribution in [3.8, 4) is 11.5 Å². The first-order valence-corrected chi connectivity index (χ1v) is 10.8. The Balaban J connectivity index is 1.73. The number of aliphatic imine (C=N–C) groups is 1. The van der Waals surface area contributed by atoms with E-state index in [-0.39, 0.29) is 17.9 Å². The molecule has 0 N–H and O–H groups in total. The van der Waals surface area contributed by atoms with Crippen LogP contribution in [-0.4, -0.2) is 38.3 Å². The van der Waals surface area contributed by atoms with Crippen LogP contribution >= 0.6 is 0 Å². The lowest BCUT2D eigenvalue weighted by Crippen LogP contribution is -2.45. The third-order valence-electron chi connectivity index (χ3n) is 6.33. The Labute approximate surface area is 182 Å². The van der Waals surface area contributed by atoms with Gasteiger partial charge in [-0.2, -0.15) is 0 Å². The van der Waals surface area contributed by atoms with Gasteiger partial charge in [0.2, 0.25) is 5.91 Å². The number of hydrogen-bond donors (Lipinski definition) is 0. The topological polar surface area (TPSA) is 68.2 Å². The van der Waals surface area contributed by atoms with Gasteiger partial charge in [-0.05, 0) is 42.5 Å². The molecule has 0 bridgehead atoms. The molecular weight excluding hydrogens is 392 g/mol. The summed E-state index contributed by atoms with van der Waals surface area (Å²) in [6.45, 7) is 2.22. The number of benzene rings is 2. The molecule has 2 amide bonds. The molecule has 2 aliphatic rings. The summed E-state index contributed by atoms with van der Waals surface area (Å²) < 4.78 is 10.7. The second-order valence-corrected chi connectivity index (χ2v) is 8.21. The maximum absolute atomic E-state index is 13.5. The van der Waals surface area contributed by atoms with Crippen molar-refractivity contribution in [2.75, 3.05) is 19.1 Å². The third-order valence-corrected chi connectivity index (χ3v) is 6.33. The number of rotatable bonds is 5. The summed E-state index contributed by atoms with van der Waals surface area (Å²) in [7, 11) is 3.07. The summed E-state index contributed by atoms with van der Waals surface area (Å²) in [6, 6.07) is 12.6. The summed E-state index contributed by atoms with van der Waals surface area (Å²) in [5.74, 6) is 0.249. The largest absolute Gasteiger partial charge is 0.493 e. The van der Waals surface area contributed by atoms with Crippen LogP contribution in [0.5, 0.6) is 11.5 Å². The summed E-state index contributed by atoms with van der Waals surface area (Å²) in [6.07, 6.45) is 6.36. The zero-order valence-corrected chi connectivity index (χ0v) is 18.2. The van der Waals surface area contributed by atoms with Gasteiger partial charge < -0.3 is 9.47 Å². The van der Waals surface area contributed by atoms with Gasteiger partial charge in [-0.25, -0.2) is 4.90 Å². The van der Waals surface area contributed by atoms with Crippen molar-refractivity contribution in [1.82, 2.24) is 0 Å². The number of anilines is 1. The van der Waals surface area contributed by atoms with Crippen molar-refractivity contribution >= 4 is 23.7 Å². The van der Waals surface area contributed by atoms with E-state index in [1.165, 1.54) is 18.4 Å². The molecule has 162 valence electrons. The van der Waals surface area contributed by atoms with Crippen molar-refractivity contribution in [3.05, 3.63) is 53.6 Å². The fourth-order valence-electron chi connectivity index (χ4n) is 4.52. The van der Waals surface area contributed by atoms with Gasteiger partial charge in [-0.15, -0.1) is 0 Å². The zero-order valence-electron chi connectivity index (χ0n) is 18.2. The van der Waals surface area contributed by atoms with Gasteiger partial charge >= 0.3 is 0 Å². The van der Waals surface area contributed by atoms with Crippen LogP contribution in [0, 0.1) is 5.92 Å². The second kappa shape index (κ2) is 8.92. The number of methoxy groups -OCH3 is 2. The lowest BCUT2D eigenvalue weighted by molar-refractivity contribution is -0.118. The highest BCUT2D eigenvalue weighted by Crippen LogP contribution is 2.37. The van der Waals surface area contributed by atoms with Crippen LogP contribution in [0.25, 0.3) is 0 Å². The summed E-state index contributed by atoms with van der Waals surface area (Å²) >= 11 is 0. The average molecular weight is 421 g/mol. The first-order chi connectivity index (χ1) is 15.0. The smallest absolute Gasteiger partial charge is 0.265 e. The van der Waals surface area contributed by atoms with Gasteiger partial charge in [-0.3, -0.25) is 14.6 Å². The van der Waals surface area contributed by atoms with E-state index in [9.17, 15) is 9.59 Å². The first-order valence-electron chi connectivity index (χ1n) is 10.8. The van der Waals surface area contributed by atoms with E-state index in [0.29, 0.717) is 34.2 Å². The van der Waals surface area contributed by atoms with Gasteiger partial charge in [0.15, 0.2) is 11.5 Å². The molecule has 1 fully saturated rings. The molecule has 1 unspecified atom stereocenters. The normalized spacial score (nSPS) is 23.7. The molecule has 6 heteroatoms. The van der Waals surface area contributed by atoms with E-state index in [1.54, 1.807) is 37.6 Å². The number of hydrogen-bond acceptors (Lipinski definition) is 5. The van der Waals surface area contributed by atoms with E-state index in [2.05, 4.69) is 6.92 Å². The van der Waals surface area contributed by atoms with Crippen LogP contribution in [0.4, 0.5) is 5.69 Å². The highest BCUT2D eigenvalue weighted by Gasteiger charge is 2.39. The quantitative estimate of drug-likeness (QED) is 0.523. The number of nitrogens with zero attached hydrogens (tertiary/aromatic N) is 2. The number of carbonyl (C=O) groups excluding carboxylic acids is 2. The summed E-state index contributed by atoms with van der Waals surface area (Å²) in [4.78, 5) is 32.9. The van der Waals surface area contributed by atoms with E-state index in [4.69, 9.17) is 14.5 Å². The second-order valence-electron chi connectivity index (χ2n) is 8.21. The fourth-order valence-corrected chi connectivity index (χ4v) is 4.52. The van der Waals surface area contributed by atoms with Crippen molar-refractivity contribution in [3.63, 3.8) is 0 Å². The van der Waals surface area contributed by atoms with Crippen LogP contribution < -0.4 is 14.4 Å². The molecule has 0 aromatic heterocycles. The minimum atomic E-state index is -0.601. The number of imide groups is 1. The predicted molar refractivity (Wildman–Crippen MR) is 120 cm³/mol. The maximum Gasteiger partial charge on any atom is 0.265 e. The monoisotopic (exact) mass is 420 g/mol. The van der Waals surface area contributed by atoms with Crippen molar-refractivity contribution in [2.24, 2.45) is 10.9 Å². The van der Waals surface area contributed by atoms with Crippen LogP contribution in [0.15, 0.2) is 47.5 Å². The van der Waals surface area contributed by atoms with Gasteiger partial charge in [0, 0.05) is 17.8 Å². The Morgan fingerprint density at radius 2 is 1.74 bits per heavy atom. The Bertz CT molecular complexity index is 1020. The number of fused-ring (bicyclic) bond motifs is 1. The SMILES string of the molecule is COc1ccc(N2C(=O)c3ccccc3C(C=N[C@H]3CCCC[C@@H]3C)C2=O)cc1OC. The molecule has 1 aliphatic carbocycles. The van der Waals surface area contributed by atoms with E-state index in [1.807, 2.05) is 18.2 Å². The molecule has 6 nitrogen and oxygen atoms in total. The lowest BCUT2D eigenvalue weighted by atomic mass is 9.85. The molecule has 31 heavy (non-hydrogen) atoms. The van der Waals surface area contributed by atoms with Gasteiger partial charge in [0.05, 0.1) is 31.9 Å². The molecule has 2 aromatic rings. The number of carbonyl (C=O) groups is 2.